The smallest absolute Gasteiger partial charge is 0.0593 e. The first-order valence-corrected chi connectivity index (χ1v) is 8.29. The standard InChI is InChI=1S/C16H32N2O2/c1-3-5-15-10-16(13-17,7-9-20-15)18-8-4-6-14(11-18)12-19-2/h14-15H,3-13,17H2,1-2H3. The lowest BCUT2D eigenvalue weighted by Gasteiger charge is -2.50. The van der Waals surface area contributed by atoms with E-state index in [-0.39, 0.29) is 5.54 Å². The normalized spacial score (nSPS) is 36.1. The van der Waals surface area contributed by atoms with Crippen molar-refractivity contribution in [2.75, 3.05) is 40.0 Å². The first kappa shape index (κ1) is 16.2. The molecule has 0 spiro atoms. The van der Waals surface area contributed by atoms with E-state index in [0.29, 0.717) is 12.0 Å². The number of ether oxygens (including phenoxy) is 2. The van der Waals surface area contributed by atoms with Crippen LogP contribution in [0.15, 0.2) is 0 Å². The molecule has 20 heavy (non-hydrogen) atoms. The highest BCUT2D eigenvalue weighted by atomic mass is 16.5. The van der Waals surface area contributed by atoms with E-state index < -0.39 is 0 Å². The van der Waals surface area contributed by atoms with Crippen molar-refractivity contribution in [1.29, 1.82) is 0 Å². The highest BCUT2D eigenvalue weighted by molar-refractivity contribution is 4.98. The molecule has 0 aromatic heterocycles. The molecule has 2 fully saturated rings. The van der Waals surface area contributed by atoms with Gasteiger partial charge in [-0.2, -0.15) is 0 Å². The number of piperidine rings is 1. The largest absolute Gasteiger partial charge is 0.384 e. The molecule has 2 rings (SSSR count). The Bertz CT molecular complexity index is 284. The summed E-state index contributed by atoms with van der Waals surface area (Å²) in [5.74, 6) is 0.671. The fraction of sp³-hybridized carbons (Fsp3) is 1.00. The van der Waals surface area contributed by atoms with Gasteiger partial charge < -0.3 is 15.2 Å². The molecule has 4 heteroatoms. The highest BCUT2D eigenvalue weighted by Gasteiger charge is 2.42. The van der Waals surface area contributed by atoms with Gasteiger partial charge in [0.2, 0.25) is 0 Å². The maximum Gasteiger partial charge on any atom is 0.0593 e. The summed E-state index contributed by atoms with van der Waals surface area (Å²) < 4.78 is 11.3. The van der Waals surface area contributed by atoms with Gasteiger partial charge in [-0.3, -0.25) is 4.90 Å². The number of methoxy groups -OCH3 is 1. The van der Waals surface area contributed by atoms with Crippen LogP contribution in [0.4, 0.5) is 0 Å². The Morgan fingerprint density at radius 2 is 2.30 bits per heavy atom. The first-order valence-electron chi connectivity index (χ1n) is 8.29. The van der Waals surface area contributed by atoms with Crippen molar-refractivity contribution < 1.29 is 9.47 Å². The summed E-state index contributed by atoms with van der Waals surface area (Å²) in [6, 6.07) is 0. The van der Waals surface area contributed by atoms with E-state index >= 15 is 0 Å². The molecular weight excluding hydrogens is 252 g/mol. The van der Waals surface area contributed by atoms with Gasteiger partial charge >= 0.3 is 0 Å². The molecule has 2 aliphatic heterocycles. The van der Waals surface area contributed by atoms with Gasteiger partial charge in [-0.05, 0) is 44.6 Å². The van der Waals surface area contributed by atoms with Crippen LogP contribution >= 0.6 is 0 Å². The van der Waals surface area contributed by atoms with Crippen LogP contribution in [0.2, 0.25) is 0 Å². The Morgan fingerprint density at radius 1 is 1.45 bits per heavy atom. The zero-order valence-electron chi connectivity index (χ0n) is 13.3. The summed E-state index contributed by atoms with van der Waals surface area (Å²) in [5.41, 5.74) is 6.39. The topological polar surface area (TPSA) is 47.7 Å². The molecule has 2 N–H and O–H groups in total. The highest BCUT2D eigenvalue weighted by Crippen LogP contribution is 2.35. The van der Waals surface area contributed by atoms with Crippen LogP contribution in [-0.4, -0.2) is 56.5 Å². The quantitative estimate of drug-likeness (QED) is 0.810. The van der Waals surface area contributed by atoms with E-state index in [1.165, 1.54) is 25.8 Å². The van der Waals surface area contributed by atoms with Gasteiger partial charge in [-0.15, -0.1) is 0 Å². The number of likely N-dealkylation sites (tertiary alicyclic amines) is 1. The molecule has 3 atom stereocenters. The Morgan fingerprint density at radius 3 is 3.00 bits per heavy atom. The summed E-state index contributed by atoms with van der Waals surface area (Å²) in [5, 5.41) is 0. The van der Waals surface area contributed by atoms with Crippen LogP contribution in [0.5, 0.6) is 0 Å². The van der Waals surface area contributed by atoms with Crippen molar-refractivity contribution in [1.82, 2.24) is 4.90 Å². The molecular formula is C16H32N2O2. The molecule has 0 amide bonds. The van der Waals surface area contributed by atoms with Crippen LogP contribution in [0.3, 0.4) is 0 Å². The minimum absolute atomic E-state index is 0.171. The second-order valence-electron chi connectivity index (χ2n) is 6.57. The third-order valence-corrected chi connectivity index (χ3v) is 5.11. The predicted molar refractivity (Wildman–Crippen MR) is 81.8 cm³/mol. The van der Waals surface area contributed by atoms with Gasteiger partial charge in [0.05, 0.1) is 12.7 Å². The van der Waals surface area contributed by atoms with Gasteiger partial charge in [-0.1, -0.05) is 13.3 Å². The second kappa shape index (κ2) is 7.74. The first-order chi connectivity index (χ1) is 9.74. The van der Waals surface area contributed by atoms with Gasteiger partial charge in [0.1, 0.15) is 0 Å². The molecule has 2 aliphatic rings. The van der Waals surface area contributed by atoms with Crippen molar-refractivity contribution >= 4 is 0 Å². The van der Waals surface area contributed by atoms with Gasteiger partial charge in [0, 0.05) is 32.3 Å². The minimum atomic E-state index is 0.171. The predicted octanol–water partition coefficient (Wildman–Crippen LogP) is 2.02. The molecule has 2 heterocycles. The Labute approximate surface area is 124 Å². The van der Waals surface area contributed by atoms with Crippen LogP contribution in [0.1, 0.15) is 45.4 Å². The average molecular weight is 284 g/mol. The van der Waals surface area contributed by atoms with Gasteiger partial charge in [0.25, 0.3) is 0 Å². The van der Waals surface area contributed by atoms with Crippen molar-refractivity contribution in [2.24, 2.45) is 11.7 Å². The number of nitrogens with two attached hydrogens (primary N) is 1. The van der Waals surface area contributed by atoms with Crippen molar-refractivity contribution in [3.63, 3.8) is 0 Å². The molecule has 0 saturated carbocycles. The monoisotopic (exact) mass is 284 g/mol. The van der Waals surface area contributed by atoms with Gasteiger partial charge in [0.15, 0.2) is 0 Å². The minimum Gasteiger partial charge on any atom is -0.384 e. The SMILES string of the molecule is CCCC1CC(CN)(N2CCCC(COC)C2)CCO1. The van der Waals surface area contributed by atoms with E-state index in [4.69, 9.17) is 15.2 Å². The number of hydrogen-bond acceptors (Lipinski definition) is 4. The van der Waals surface area contributed by atoms with Crippen molar-refractivity contribution in [3.8, 4) is 0 Å². The summed E-state index contributed by atoms with van der Waals surface area (Å²) in [7, 11) is 1.81. The Hall–Kier alpha value is -0.160. The molecule has 0 aromatic rings. The summed E-state index contributed by atoms with van der Waals surface area (Å²) >= 11 is 0. The number of rotatable bonds is 6. The number of nitrogens with zero attached hydrogens (tertiary/aromatic N) is 1. The van der Waals surface area contributed by atoms with Crippen molar-refractivity contribution in [2.45, 2.75) is 57.1 Å². The molecule has 0 radical (unpaired) electrons. The maximum absolute atomic E-state index is 6.22. The lowest BCUT2D eigenvalue weighted by Crippen LogP contribution is -2.61. The zero-order chi connectivity index (χ0) is 14.4. The maximum atomic E-state index is 6.22. The van der Waals surface area contributed by atoms with Crippen LogP contribution in [-0.2, 0) is 9.47 Å². The second-order valence-corrected chi connectivity index (χ2v) is 6.57. The molecule has 0 aliphatic carbocycles. The summed E-state index contributed by atoms with van der Waals surface area (Å²) in [6.45, 7) is 7.08. The van der Waals surface area contributed by atoms with Crippen LogP contribution in [0, 0.1) is 5.92 Å². The van der Waals surface area contributed by atoms with Crippen LogP contribution in [0.25, 0.3) is 0 Å². The summed E-state index contributed by atoms with van der Waals surface area (Å²) in [6.07, 6.45) is 7.52. The van der Waals surface area contributed by atoms with E-state index in [1.807, 2.05) is 7.11 Å². The molecule has 3 unspecified atom stereocenters. The fourth-order valence-electron chi connectivity index (χ4n) is 3.98. The Kier molecular flexibility index (Phi) is 6.27. The lowest BCUT2D eigenvalue weighted by atomic mass is 9.81. The van der Waals surface area contributed by atoms with Crippen LogP contribution < -0.4 is 5.73 Å². The van der Waals surface area contributed by atoms with E-state index in [9.17, 15) is 0 Å². The zero-order valence-corrected chi connectivity index (χ0v) is 13.3. The molecule has 2 saturated heterocycles. The Balaban J connectivity index is 2.01. The lowest BCUT2D eigenvalue weighted by molar-refractivity contribution is -0.0867. The molecule has 0 aromatic carbocycles. The van der Waals surface area contributed by atoms with E-state index in [2.05, 4.69) is 11.8 Å². The van der Waals surface area contributed by atoms with Gasteiger partial charge in [-0.25, -0.2) is 0 Å². The summed E-state index contributed by atoms with van der Waals surface area (Å²) in [4.78, 5) is 2.66. The average Bonchev–Trinajstić information content (AvgIpc) is 2.48. The third kappa shape index (κ3) is 3.73. The fourth-order valence-corrected chi connectivity index (χ4v) is 3.98. The van der Waals surface area contributed by atoms with E-state index in [0.717, 1.165) is 45.6 Å². The van der Waals surface area contributed by atoms with E-state index in [1.54, 1.807) is 0 Å². The third-order valence-electron chi connectivity index (χ3n) is 5.11. The molecule has 0 bridgehead atoms. The molecule has 118 valence electrons. The molecule has 4 nitrogen and oxygen atoms in total. The van der Waals surface area contributed by atoms with Crippen molar-refractivity contribution in [3.05, 3.63) is 0 Å². The number of hydrogen-bond donors (Lipinski definition) is 1.